The Labute approximate surface area is 163 Å². The zero-order valence-electron chi connectivity index (χ0n) is 15.5. The molecule has 0 N–H and O–H groups in total. The van der Waals surface area contributed by atoms with Crippen molar-refractivity contribution in [1.29, 1.82) is 0 Å². The molecule has 142 valence electrons. The Morgan fingerprint density at radius 2 is 1.61 bits per heavy atom. The minimum absolute atomic E-state index is 0.242. The van der Waals surface area contributed by atoms with Crippen molar-refractivity contribution in [2.75, 3.05) is 13.7 Å². The third-order valence-electron chi connectivity index (χ3n) is 4.04. The fraction of sp³-hybridized carbons (Fsp3) is 0.130. The number of rotatable bonds is 7. The first-order chi connectivity index (χ1) is 13.7. The minimum Gasteiger partial charge on any atom is -0.482 e. The Bertz CT molecular complexity index is 950. The van der Waals surface area contributed by atoms with E-state index >= 15 is 0 Å². The average Bonchev–Trinajstić information content (AvgIpc) is 2.73. The van der Waals surface area contributed by atoms with E-state index in [4.69, 9.17) is 9.47 Å². The molecule has 0 spiro atoms. The molecule has 28 heavy (non-hydrogen) atoms. The lowest BCUT2D eigenvalue weighted by Crippen LogP contribution is -2.18. The summed E-state index contributed by atoms with van der Waals surface area (Å²) in [5, 5.41) is 0. The highest BCUT2D eigenvalue weighted by molar-refractivity contribution is 5.90. The van der Waals surface area contributed by atoms with Crippen LogP contribution in [-0.4, -0.2) is 25.7 Å². The smallest absolute Gasteiger partial charge is 0.349 e. The summed E-state index contributed by atoms with van der Waals surface area (Å²) in [4.78, 5) is 23.7. The van der Waals surface area contributed by atoms with E-state index in [-0.39, 0.29) is 12.4 Å². The number of methoxy groups -OCH3 is 1. The monoisotopic (exact) mass is 376 g/mol. The number of carbonyl (C=O) groups excluding carboxylic acids is 2. The van der Waals surface area contributed by atoms with Gasteiger partial charge in [0, 0.05) is 6.42 Å². The fourth-order valence-corrected chi connectivity index (χ4v) is 2.71. The molecule has 0 aliphatic carbocycles. The number of benzene rings is 3. The van der Waals surface area contributed by atoms with Crippen LogP contribution in [0, 0.1) is 0 Å². The van der Waals surface area contributed by atoms with Crippen LogP contribution in [0.25, 0.3) is 0 Å². The molecular weight excluding hydrogens is 356 g/mol. The SMILES string of the molecule is COC(=O)c1cccc(OC(=O)COc2ccccc2Cc2ccccc2)c1. The Kier molecular flexibility index (Phi) is 6.41. The van der Waals surface area contributed by atoms with Crippen LogP contribution in [0.1, 0.15) is 21.5 Å². The zero-order chi connectivity index (χ0) is 19.8. The van der Waals surface area contributed by atoms with Crippen LogP contribution in [0.5, 0.6) is 11.5 Å². The van der Waals surface area contributed by atoms with Gasteiger partial charge < -0.3 is 14.2 Å². The molecule has 3 aromatic rings. The van der Waals surface area contributed by atoms with Gasteiger partial charge in [-0.05, 0) is 35.4 Å². The molecule has 0 unspecified atom stereocenters. The molecule has 3 aromatic carbocycles. The standard InChI is InChI=1S/C23H20O5/c1-26-23(25)19-11-7-12-20(15-19)28-22(24)16-27-21-13-6-5-10-18(21)14-17-8-3-2-4-9-17/h2-13,15H,14,16H2,1H3. The van der Waals surface area contributed by atoms with Gasteiger partial charge in [-0.3, -0.25) is 0 Å². The van der Waals surface area contributed by atoms with Crippen molar-refractivity contribution < 1.29 is 23.8 Å². The first-order valence-corrected chi connectivity index (χ1v) is 8.79. The van der Waals surface area contributed by atoms with Gasteiger partial charge in [0.2, 0.25) is 0 Å². The molecule has 0 saturated carbocycles. The number of hydrogen-bond donors (Lipinski definition) is 0. The summed E-state index contributed by atoms with van der Waals surface area (Å²) in [6.07, 6.45) is 0.702. The molecule has 0 fully saturated rings. The normalized spacial score (nSPS) is 10.2. The summed E-state index contributed by atoms with van der Waals surface area (Å²) in [5.41, 5.74) is 2.44. The summed E-state index contributed by atoms with van der Waals surface area (Å²) in [5.74, 6) is -0.166. The van der Waals surface area contributed by atoms with Crippen LogP contribution in [0.3, 0.4) is 0 Å². The molecular formula is C23H20O5. The maximum Gasteiger partial charge on any atom is 0.349 e. The molecule has 0 radical (unpaired) electrons. The van der Waals surface area contributed by atoms with E-state index in [2.05, 4.69) is 4.74 Å². The van der Waals surface area contributed by atoms with E-state index in [1.165, 1.54) is 13.2 Å². The van der Waals surface area contributed by atoms with E-state index in [9.17, 15) is 9.59 Å². The summed E-state index contributed by atoms with van der Waals surface area (Å²) in [7, 11) is 1.29. The van der Waals surface area contributed by atoms with Gasteiger partial charge >= 0.3 is 11.9 Å². The highest BCUT2D eigenvalue weighted by Crippen LogP contribution is 2.22. The van der Waals surface area contributed by atoms with Crippen molar-refractivity contribution in [3.05, 3.63) is 95.6 Å². The Hall–Kier alpha value is -3.60. The van der Waals surface area contributed by atoms with Gasteiger partial charge in [0.1, 0.15) is 11.5 Å². The molecule has 0 bridgehead atoms. The molecule has 0 aliphatic heterocycles. The van der Waals surface area contributed by atoms with Gasteiger partial charge in [0.15, 0.2) is 6.61 Å². The van der Waals surface area contributed by atoms with Gasteiger partial charge in [0.05, 0.1) is 12.7 Å². The number of hydrogen-bond acceptors (Lipinski definition) is 5. The summed E-state index contributed by atoms with van der Waals surface area (Å²) < 4.78 is 15.6. The fourth-order valence-electron chi connectivity index (χ4n) is 2.71. The summed E-state index contributed by atoms with van der Waals surface area (Å²) >= 11 is 0. The van der Waals surface area contributed by atoms with E-state index in [0.29, 0.717) is 17.7 Å². The van der Waals surface area contributed by atoms with Crippen molar-refractivity contribution in [2.24, 2.45) is 0 Å². The van der Waals surface area contributed by atoms with E-state index in [1.54, 1.807) is 18.2 Å². The van der Waals surface area contributed by atoms with Crippen LogP contribution < -0.4 is 9.47 Å². The van der Waals surface area contributed by atoms with Gasteiger partial charge in [0.25, 0.3) is 0 Å². The van der Waals surface area contributed by atoms with E-state index < -0.39 is 11.9 Å². The molecule has 0 atom stereocenters. The zero-order valence-corrected chi connectivity index (χ0v) is 15.5. The Morgan fingerprint density at radius 1 is 0.857 bits per heavy atom. The van der Waals surface area contributed by atoms with Gasteiger partial charge in [-0.25, -0.2) is 9.59 Å². The minimum atomic E-state index is -0.559. The molecule has 0 saturated heterocycles. The van der Waals surface area contributed by atoms with Crippen LogP contribution in [0.2, 0.25) is 0 Å². The predicted molar refractivity (Wildman–Crippen MR) is 105 cm³/mol. The van der Waals surface area contributed by atoms with E-state index in [1.807, 2.05) is 54.6 Å². The largest absolute Gasteiger partial charge is 0.482 e. The first-order valence-electron chi connectivity index (χ1n) is 8.79. The van der Waals surface area contributed by atoms with Crippen molar-refractivity contribution in [3.63, 3.8) is 0 Å². The van der Waals surface area contributed by atoms with Gasteiger partial charge in [-0.2, -0.15) is 0 Å². The average molecular weight is 376 g/mol. The lowest BCUT2D eigenvalue weighted by molar-refractivity contribution is -0.136. The van der Waals surface area contributed by atoms with Crippen LogP contribution in [0.4, 0.5) is 0 Å². The maximum absolute atomic E-state index is 12.1. The number of ether oxygens (including phenoxy) is 3. The first kappa shape index (κ1) is 19.2. The quantitative estimate of drug-likeness (QED) is 0.460. The molecule has 0 heterocycles. The second-order valence-electron chi connectivity index (χ2n) is 6.05. The van der Waals surface area contributed by atoms with Crippen LogP contribution in [-0.2, 0) is 16.0 Å². The van der Waals surface area contributed by atoms with Crippen molar-refractivity contribution in [3.8, 4) is 11.5 Å². The Morgan fingerprint density at radius 3 is 2.39 bits per heavy atom. The van der Waals surface area contributed by atoms with Crippen molar-refractivity contribution in [2.45, 2.75) is 6.42 Å². The van der Waals surface area contributed by atoms with E-state index in [0.717, 1.165) is 11.1 Å². The third kappa shape index (κ3) is 5.20. The number of carbonyl (C=O) groups is 2. The summed E-state index contributed by atoms with van der Waals surface area (Å²) in [6, 6.07) is 23.8. The van der Waals surface area contributed by atoms with Crippen LogP contribution in [0.15, 0.2) is 78.9 Å². The molecule has 3 rings (SSSR count). The lowest BCUT2D eigenvalue weighted by atomic mass is 10.0. The lowest BCUT2D eigenvalue weighted by Gasteiger charge is -2.11. The predicted octanol–water partition coefficient (Wildman–Crippen LogP) is 4.05. The molecule has 5 nitrogen and oxygen atoms in total. The molecule has 0 aliphatic rings. The highest BCUT2D eigenvalue weighted by Gasteiger charge is 2.11. The number of para-hydroxylation sites is 1. The number of esters is 2. The Balaban J connectivity index is 1.62. The van der Waals surface area contributed by atoms with Gasteiger partial charge in [-0.15, -0.1) is 0 Å². The van der Waals surface area contributed by atoms with Crippen molar-refractivity contribution in [1.82, 2.24) is 0 Å². The second kappa shape index (κ2) is 9.37. The van der Waals surface area contributed by atoms with Crippen LogP contribution >= 0.6 is 0 Å². The maximum atomic E-state index is 12.1. The molecule has 5 heteroatoms. The van der Waals surface area contributed by atoms with Crippen molar-refractivity contribution >= 4 is 11.9 Å². The summed E-state index contributed by atoms with van der Waals surface area (Å²) in [6.45, 7) is -0.242. The van der Waals surface area contributed by atoms with Gasteiger partial charge in [-0.1, -0.05) is 54.6 Å². The highest BCUT2D eigenvalue weighted by atomic mass is 16.6. The molecule has 0 aromatic heterocycles. The third-order valence-corrected chi connectivity index (χ3v) is 4.04. The topological polar surface area (TPSA) is 61.8 Å². The second-order valence-corrected chi connectivity index (χ2v) is 6.05. The molecule has 0 amide bonds.